The molecule has 0 unspecified atom stereocenters. The Kier molecular flexibility index (Phi) is 3.54. The molecule has 1 heterocycles. The molecular formula is C16H20O3. The van der Waals surface area contributed by atoms with Crippen molar-refractivity contribution in [2.75, 3.05) is 0 Å². The van der Waals surface area contributed by atoms with Crippen LogP contribution in [0.4, 0.5) is 0 Å². The molecule has 2 fully saturated rings. The molecule has 0 radical (unpaired) electrons. The number of carbonyl (C=O) groups is 2. The maximum Gasteiger partial charge on any atom is 0.133 e. The fraction of sp³-hybridized carbons (Fsp3) is 0.625. The van der Waals surface area contributed by atoms with Crippen LogP contribution >= 0.6 is 0 Å². The molecule has 0 aromatic carbocycles. The van der Waals surface area contributed by atoms with E-state index in [2.05, 4.69) is 0 Å². The van der Waals surface area contributed by atoms with E-state index in [1.807, 2.05) is 12.1 Å². The Labute approximate surface area is 113 Å². The predicted molar refractivity (Wildman–Crippen MR) is 71.1 cm³/mol. The van der Waals surface area contributed by atoms with E-state index in [0.29, 0.717) is 24.4 Å². The summed E-state index contributed by atoms with van der Waals surface area (Å²) in [5, 5.41) is 0. The van der Waals surface area contributed by atoms with Crippen molar-refractivity contribution in [3.63, 3.8) is 0 Å². The highest BCUT2D eigenvalue weighted by molar-refractivity contribution is 5.80. The first kappa shape index (κ1) is 12.6. The van der Waals surface area contributed by atoms with Crippen LogP contribution in [-0.4, -0.2) is 11.6 Å². The Morgan fingerprint density at radius 3 is 1.74 bits per heavy atom. The highest BCUT2D eigenvalue weighted by Gasteiger charge is 2.27. The number of rotatable bonds is 2. The molecule has 0 amide bonds. The average Bonchev–Trinajstić information content (AvgIpc) is 2.88. The zero-order valence-corrected chi connectivity index (χ0v) is 11.2. The zero-order valence-electron chi connectivity index (χ0n) is 11.2. The maximum absolute atomic E-state index is 11.5. The number of hydrogen-bond donors (Lipinski definition) is 0. The second-order valence-electron chi connectivity index (χ2n) is 5.90. The highest BCUT2D eigenvalue weighted by Crippen LogP contribution is 2.36. The standard InChI is InChI=1S/C16H20O3/c17-13-5-1-3-11(9-13)15-7-8-16(19-15)12-4-2-6-14(18)10-12/h7-8,11-12H,1-6,9-10H2/t11-,12+. The van der Waals surface area contributed by atoms with Gasteiger partial charge in [0.25, 0.3) is 0 Å². The lowest BCUT2D eigenvalue weighted by Crippen LogP contribution is -2.13. The van der Waals surface area contributed by atoms with Gasteiger partial charge in [0.05, 0.1) is 0 Å². The van der Waals surface area contributed by atoms with Gasteiger partial charge in [-0.15, -0.1) is 0 Å². The van der Waals surface area contributed by atoms with E-state index in [-0.39, 0.29) is 11.8 Å². The second-order valence-corrected chi connectivity index (χ2v) is 5.90. The molecule has 1 aromatic rings. The van der Waals surface area contributed by atoms with Crippen LogP contribution < -0.4 is 0 Å². The van der Waals surface area contributed by atoms with E-state index >= 15 is 0 Å². The van der Waals surface area contributed by atoms with Gasteiger partial charge in [0.15, 0.2) is 0 Å². The summed E-state index contributed by atoms with van der Waals surface area (Å²) in [7, 11) is 0. The molecule has 19 heavy (non-hydrogen) atoms. The van der Waals surface area contributed by atoms with Gasteiger partial charge < -0.3 is 4.42 Å². The zero-order chi connectivity index (χ0) is 13.2. The third kappa shape index (κ3) is 2.80. The van der Waals surface area contributed by atoms with Crippen molar-refractivity contribution in [1.82, 2.24) is 0 Å². The molecule has 2 atom stereocenters. The van der Waals surface area contributed by atoms with Crippen molar-refractivity contribution in [2.24, 2.45) is 0 Å². The number of Topliss-reactive ketones (excluding diaryl/α,β-unsaturated/α-hetero) is 2. The van der Waals surface area contributed by atoms with Crippen molar-refractivity contribution in [3.05, 3.63) is 23.7 Å². The molecule has 1 aromatic heterocycles. The summed E-state index contributed by atoms with van der Waals surface area (Å²) in [6.45, 7) is 0. The molecule has 0 N–H and O–H groups in total. The first-order valence-electron chi connectivity index (χ1n) is 7.35. The van der Waals surface area contributed by atoms with Crippen LogP contribution in [0.3, 0.4) is 0 Å². The lowest BCUT2D eigenvalue weighted by molar-refractivity contribution is -0.121. The van der Waals surface area contributed by atoms with Crippen molar-refractivity contribution < 1.29 is 14.0 Å². The van der Waals surface area contributed by atoms with E-state index < -0.39 is 0 Å². The highest BCUT2D eigenvalue weighted by atomic mass is 16.3. The smallest absolute Gasteiger partial charge is 0.133 e. The van der Waals surface area contributed by atoms with Crippen LogP contribution in [0.1, 0.15) is 74.7 Å². The van der Waals surface area contributed by atoms with E-state index in [1.165, 1.54) is 0 Å². The summed E-state index contributed by atoms with van der Waals surface area (Å²) in [6.07, 6.45) is 6.73. The number of carbonyl (C=O) groups excluding carboxylic acids is 2. The Balaban J connectivity index is 1.71. The minimum Gasteiger partial charge on any atom is -0.465 e. The Hall–Kier alpha value is -1.38. The minimum absolute atomic E-state index is 0.259. The second kappa shape index (κ2) is 5.32. The van der Waals surface area contributed by atoms with Gasteiger partial charge in [-0.3, -0.25) is 9.59 Å². The Morgan fingerprint density at radius 1 is 0.842 bits per heavy atom. The molecule has 3 nitrogen and oxygen atoms in total. The Morgan fingerprint density at radius 2 is 1.32 bits per heavy atom. The molecule has 0 bridgehead atoms. The van der Waals surface area contributed by atoms with Gasteiger partial charge in [-0.05, 0) is 37.8 Å². The molecule has 3 rings (SSSR count). The van der Waals surface area contributed by atoms with E-state index in [4.69, 9.17) is 4.42 Å². The van der Waals surface area contributed by atoms with E-state index in [1.54, 1.807) is 0 Å². The molecule has 0 aliphatic heterocycles. The summed E-state index contributed by atoms with van der Waals surface area (Å²) in [6, 6.07) is 4.02. The molecule has 0 saturated heterocycles. The molecule has 102 valence electrons. The van der Waals surface area contributed by atoms with Crippen molar-refractivity contribution in [1.29, 1.82) is 0 Å². The number of furan rings is 1. The Bertz CT molecular complexity index is 443. The third-order valence-corrected chi connectivity index (χ3v) is 4.42. The summed E-state index contributed by atoms with van der Waals surface area (Å²) >= 11 is 0. The number of ketones is 2. The summed E-state index contributed by atoms with van der Waals surface area (Å²) in [5.74, 6) is 3.11. The lowest BCUT2D eigenvalue weighted by Gasteiger charge is -2.20. The van der Waals surface area contributed by atoms with Crippen molar-refractivity contribution in [3.8, 4) is 0 Å². The van der Waals surface area contributed by atoms with Gasteiger partial charge in [0.1, 0.15) is 23.1 Å². The first-order chi connectivity index (χ1) is 9.22. The molecule has 3 heteroatoms. The van der Waals surface area contributed by atoms with Gasteiger partial charge in [-0.25, -0.2) is 0 Å². The van der Waals surface area contributed by atoms with Crippen LogP contribution in [0.2, 0.25) is 0 Å². The molecule has 2 saturated carbocycles. The van der Waals surface area contributed by atoms with Crippen molar-refractivity contribution >= 4 is 11.6 Å². The monoisotopic (exact) mass is 260 g/mol. The SMILES string of the molecule is O=C1CCC[C@@H](c2ccc([C@H]3CCCC(=O)C3)o2)C1. The van der Waals surface area contributed by atoms with Gasteiger partial charge >= 0.3 is 0 Å². The minimum atomic E-state index is 0.259. The van der Waals surface area contributed by atoms with Crippen LogP contribution in [0.5, 0.6) is 0 Å². The fourth-order valence-electron chi connectivity index (χ4n) is 3.34. The van der Waals surface area contributed by atoms with Gasteiger partial charge in [-0.1, -0.05) is 0 Å². The molecular weight excluding hydrogens is 240 g/mol. The quantitative estimate of drug-likeness (QED) is 0.814. The number of hydrogen-bond acceptors (Lipinski definition) is 3. The summed E-state index contributed by atoms with van der Waals surface area (Å²) in [4.78, 5) is 23.0. The van der Waals surface area contributed by atoms with Crippen LogP contribution in [0.25, 0.3) is 0 Å². The van der Waals surface area contributed by atoms with E-state index in [9.17, 15) is 9.59 Å². The summed E-state index contributed by atoms with van der Waals surface area (Å²) in [5.41, 5.74) is 0. The van der Waals surface area contributed by atoms with Crippen LogP contribution in [0, 0.1) is 0 Å². The third-order valence-electron chi connectivity index (χ3n) is 4.42. The van der Waals surface area contributed by atoms with Crippen LogP contribution in [0.15, 0.2) is 16.5 Å². The van der Waals surface area contributed by atoms with Gasteiger partial charge in [0.2, 0.25) is 0 Å². The lowest BCUT2D eigenvalue weighted by atomic mass is 9.86. The molecule has 0 spiro atoms. The fourth-order valence-corrected chi connectivity index (χ4v) is 3.34. The topological polar surface area (TPSA) is 47.3 Å². The summed E-state index contributed by atoms with van der Waals surface area (Å²) < 4.78 is 5.95. The molecule has 2 aliphatic carbocycles. The average molecular weight is 260 g/mol. The van der Waals surface area contributed by atoms with Gasteiger partial charge in [-0.2, -0.15) is 0 Å². The maximum atomic E-state index is 11.5. The van der Waals surface area contributed by atoms with Gasteiger partial charge in [0, 0.05) is 37.5 Å². The molecule has 2 aliphatic rings. The predicted octanol–water partition coefficient (Wildman–Crippen LogP) is 3.73. The van der Waals surface area contributed by atoms with E-state index in [0.717, 1.165) is 50.0 Å². The largest absolute Gasteiger partial charge is 0.465 e. The van der Waals surface area contributed by atoms with Crippen LogP contribution in [-0.2, 0) is 9.59 Å². The first-order valence-corrected chi connectivity index (χ1v) is 7.35. The normalized spacial score (nSPS) is 28.6. The van der Waals surface area contributed by atoms with Crippen molar-refractivity contribution in [2.45, 2.75) is 63.2 Å².